The first-order valence-corrected chi connectivity index (χ1v) is 15.2. The zero-order chi connectivity index (χ0) is 30.2. The molecule has 2 heteroatoms. The lowest BCUT2D eigenvalue weighted by Gasteiger charge is -2.34. The van der Waals surface area contributed by atoms with Crippen LogP contribution < -0.4 is 0 Å². The summed E-state index contributed by atoms with van der Waals surface area (Å²) < 4.78 is 0. The SMILES string of the molecule is N#Cc1ccccc1-c1cc2c(cc1-c1ccc(-c3ccccn3)cc1)-c1ccccc1C2(c1ccccc1)c1ccccc1. The molecule has 0 fully saturated rings. The van der Waals surface area contributed by atoms with Crippen LogP contribution in [0.15, 0.2) is 170 Å². The molecule has 0 radical (unpaired) electrons. The maximum Gasteiger partial charge on any atom is 0.0998 e. The molecule has 1 aliphatic rings. The van der Waals surface area contributed by atoms with E-state index in [1.54, 1.807) is 0 Å². The fraction of sp³-hybridized carbons (Fsp3) is 0.0233. The number of rotatable bonds is 5. The summed E-state index contributed by atoms with van der Waals surface area (Å²) in [6.07, 6.45) is 1.82. The minimum atomic E-state index is -0.522. The summed E-state index contributed by atoms with van der Waals surface area (Å²) in [6, 6.07) is 60.1. The molecule has 1 heterocycles. The molecule has 0 amide bonds. The van der Waals surface area contributed by atoms with Gasteiger partial charge in [-0.15, -0.1) is 0 Å². The summed E-state index contributed by atoms with van der Waals surface area (Å²) in [4.78, 5) is 4.55. The van der Waals surface area contributed by atoms with Gasteiger partial charge in [0.05, 0.1) is 22.7 Å². The highest BCUT2D eigenvalue weighted by Crippen LogP contribution is 2.58. The smallest absolute Gasteiger partial charge is 0.0998 e. The lowest BCUT2D eigenvalue weighted by Crippen LogP contribution is -2.28. The summed E-state index contributed by atoms with van der Waals surface area (Å²) in [5, 5.41) is 10.2. The summed E-state index contributed by atoms with van der Waals surface area (Å²) in [7, 11) is 0. The molecule has 0 aliphatic heterocycles. The van der Waals surface area contributed by atoms with Gasteiger partial charge in [0.2, 0.25) is 0 Å². The van der Waals surface area contributed by atoms with Gasteiger partial charge in [-0.2, -0.15) is 5.26 Å². The van der Waals surface area contributed by atoms with E-state index >= 15 is 0 Å². The lowest BCUT2D eigenvalue weighted by atomic mass is 9.67. The lowest BCUT2D eigenvalue weighted by molar-refractivity contribution is 0.769. The van der Waals surface area contributed by atoms with Crippen molar-refractivity contribution >= 4 is 0 Å². The zero-order valence-corrected chi connectivity index (χ0v) is 24.6. The summed E-state index contributed by atoms with van der Waals surface area (Å²) in [6.45, 7) is 0. The molecule has 2 nitrogen and oxygen atoms in total. The highest BCUT2D eigenvalue weighted by atomic mass is 14.7. The fourth-order valence-corrected chi connectivity index (χ4v) is 7.12. The van der Waals surface area contributed by atoms with Gasteiger partial charge in [0.25, 0.3) is 0 Å². The van der Waals surface area contributed by atoms with Crippen molar-refractivity contribution in [1.29, 1.82) is 5.26 Å². The Hall–Kier alpha value is -6.04. The number of pyridine rings is 1. The van der Waals surface area contributed by atoms with E-state index in [9.17, 15) is 5.26 Å². The van der Waals surface area contributed by atoms with E-state index in [-0.39, 0.29) is 0 Å². The Morgan fingerprint density at radius 3 is 1.71 bits per heavy atom. The first-order chi connectivity index (χ1) is 22.3. The third-order valence-electron chi connectivity index (χ3n) is 9.09. The minimum absolute atomic E-state index is 0.522. The summed E-state index contributed by atoms with van der Waals surface area (Å²) >= 11 is 0. The van der Waals surface area contributed by atoms with Crippen LogP contribution in [0.4, 0.5) is 0 Å². The largest absolute Gasteiger partial charge is 0.256 e. The van der Waals surface area contributed by atoms with Gasteiger partial charge in [0.1, 0.15) is 0 Å². The molecule has 7 aromatic rings. The highest BCUT2D eigenvalue weighted by Gasteiger charge is 2.46. The molecule has 0 spiro atoms. The van der Waals surface area contributed by atoms with Crippen molar-refractivity contribution in [2.24, 2.45) is 0 Å². The van der Waals surface area contributed by atoms with Gasteiger partial charge in [-0.3, -0.25) is 4.98 Å². The van der Waals surface area contributed by atoms with Crippen LogP contribution in [-0.2, 0) is 5.41 Å². The second kappa shape index (κ2) is 10.9. The molecule has 0 unspecified atom stereocenters. The molecule has 1 aromatic heterocycles. The summed E-state index contributed by atoms with van der Waals surface area (Å²) in [5.41, 5.74) is 13.7. The van der Waals surface area contributed by atoms with E-state index in [1.807, 2.05) is 42.6 Å². The average molecular weight is 573 g/mol. The molecule has 0 saturated heterocycles. The second-order valence-corrected chi connectivity index (χ2v) is 11.4. The van der Waals surface area contributed by atoms with Gasteiger partial charge in [0.15, 0.2) is 0 Å². The van der Waals surface area contributed by atoms with Crippen LogP contribution in [0.2, 0.25) is 0 Å². The van der Waals surface area contributed by atoms with E-state index in [1.165, 1.54) is 33.4 Å². The van der Waals surface area contributed by atoms with E-state index in [2.05, 4.69) is 138 Å². The molecule has 0 bridgehead atoms. The molecule has 45 heavy (non-hydrogen) atoms. The number of nitrogens with zero attached hydrogens (tertiary/aromatic N) is 2. The summed E-state index contributed by atoms with van der Waals surface area (Å²) in [5.74, 6) is 0. The first kappa shape index (κ1) is 26.6. The molecule has 0 saturated carbocycles. The van der Waals surface area contributed by atoms with Crippen LogP contribution in [0, 0.1) is 11.3 Å². The molecule has 0 N–H and O–H groups in total. The van der Waals surface area contributed by atoms with Crippen molar-refractivity contribution < 1.29 is 0 Å². The van der Waals surface area contributed by atoms with E-state index in [0.29, 0.717) is 5.56 Å². The van der Waals surface area contributed by atoms with Crippen LogP contribution in [0.5, 0.6) is 0 Å². The predicted octanol–water partition coefficient (Wildman–Crippen LogP) is 10.3. The predicted molar refractivity (Wildman–Crippen MR) is 183 cm³/mol. The molecule has 210 valence electrons. The number of nitriles is 1. The third-order valence-corrected chi connectivity index (χ3v) is 9.09. The van der Waals surface area contributed by atoms with Gasteiger partial charge in [-0.05, 0) is 80.4 Å². The van der Waals surface area contributed by atoms with Gasteiger partial charge < -0.3 is 0 Å². The Kier molecular flexibility index (Phi) is 6.44. The fourth-order valence-electron chi connectivity index (χ4n) is 7.12. The van der Waals surface area contributed by atoms with E-state index in [0.717, 1.165) is 33.5 Å². The quantitative estimate of drug-likeness (QED) is 0.206. The van der Waals surface area contributed by atoms with Crippen molar-refractivity contribution in [3.05, 3.63) is 198 Å². The topological polar surface area (TPSA) is 36.7 Å². The van der Waals surface area contributed by atoms with Crippen molar-refractivity contribution in [2.75, 3.05) is 0 Å². The van der Waals surface area contributed by atoms with Crippen LogP contribution in [0.25, 0.3) is 44.6 Å². The number of hydrogen-bond donors (Lipinski definition) is 0. The number of aromatic nitrogens is 1. The Balaban J connectivity index is 1.46. The third kappa shape index (κ3) is 4.21. The monoisotopic (exact) mass is 572 g/mol. The maximum absolute atomic E-state index is 10.2. The molecule has 8 rings (SSSR count). The number of benzene rings is 6. The Morgan fingerprint density at radius 2 is 1.04 bits per heavy atom. The van der Waals surface area contributed by atoms with Crippen molar-refractivity contribution in [2.45, 2.75) is 5.41 Å². The van der Waals surface area contributed by atoms with Gasteiger partial charge in [0, 0.05) is 17.3 Å². The van der Waals surface area contributed by atoms with Gasteiger partial charge in [-0.1, -0.05) is 133 Å². The minimum Gasteiger partial charge on any atom is -0.256 e. The van der Waals surface area contributed by atoms with Gasteiger partial charge in [-0.25, -0.2) is 0 Å². The average Bonchev–Trinajstić information content (AvgIpc) is 3.42. The molecular formula is C43H28N2. The van der Waals surface area contributed by atoms with E-state index in [4.69, 9.17) is 0 Å². The molecule has 0 atom stereocenters. The maximum atomic E-state index is 10.2. The van der Waals surface area contributed by atoms with Crippen molar-refractivity contribution in [1.82, 2.24) is 4.98 Å². The van der Waals surface area contributed by atoms with E-state index < -0.39 is 5.41 Å². The van der Waals surface area contributed by atoms with Crippen LogP contribution in [0.3, 0.4) is 0 Å². The van der Waals surface area contributed by atoms with Crippen molar-refractivity contribution in [3.8, 4) is 50.7 Å². The molecular weight excluding hydrogens is 544 g/mol. The second-order valence-electron chi connectivity index (χ2n) is 11.4. The number of hydrogen-bond acceptors (Lipinski definition) is 2. The Bertz CT molecular complexity index is 2150. The van der Waals surface area contributed by atoms with Crippen LogP contribution >= 0.6 is 0 Å². The highest BCUT2D eigenvalue weighted by molar-refractivity contribution is 5.95. The standard InChI is InChI=1S/C43H28N2/c44-29-32-13-7-8-18-35(32)38-28-41-39(27-37(38)30-22-24-31(25-23-30)42-21-11-12-26-45-42)36-19-9-10-20-40(36)43(41,33-14-3-1-4-15-33)34-16-5-2-6-17-34/h1-28H. The van der Waals surface area contributed by atoms with Crippen LogP contribution in [-0.4, -0.2) is 4.98 Å². The van der Waals surface area contributed by atoms with Crippen molar-refractivity contribution in [3.63, 3.8) is 0 Å². The Labute approximate surface area is 263 Å². The first-order valence-electron chi connectivity index (χ1n) is 15.2. The van der Waals surface area contributed by atoms with Crippen LogP contribution in [0.1, 0.15) is 27.8 Å². The normalized spacial score (nSPS) is 12.6. The molecule has 6 aromatic carbocycles. The molecule has 1 aliphatic carbocycles. The zero-order valence-electron chi connectivity index (χ0n) is 24.6. The Morgan fingerprint density at radius 1 is 0.444 bits per heavy atom. The number of fused-ring (bicyclic) bond motifs is 3. The van der Waals surface area contributed by atoms with Gasteiger partial charge >= 0.3 is 0 Å².